The Hall–Kier alpha value is -2.14. The summed E-state index contributed by atoms with van der Waals surface area (Å²) in [6, 6.07) is 0. The molecule has 0 bridgehead atoms. The van der Waals surface area contributed by atoms with Crippen molar-refractivity contribution in [2.75, 3.05) is 0 Å². The highest BCUT2D eigenvalue weighted by Crippen LogP contribution is 2.26. The predicted octanol–water partition coefficient (Wildman–Crippen LogP) is 1.50. The molecule has 1 aromatic heterocycles. The second-order valence-corrected chi connectivity index (χ2v) is 7.61. The van der Waals surface area contributed by atoms with Crippen LogP contribution in [0.4, 0.5) is 0 Å². The number of rotatable bonds is 7. The van der Waals surface area contributed by atoms with Crippen molar-refractivity contribution in [1.29, 1.82) is 0 Å². The van der Waals surface area contributed by atoms with E-state index in [9.17, 15) is 19.5 Å². The highest BCUT2D eigenvalue weighted by Gasteiger charge is 2.25. The van der Waals surface area contributed by atoms with E-state index in [4.69, 9.17) is 29.2 Å². The zero-order valence-electron chi connectivity index (χ0n) is 14.4. The first kappa shape index (κ1) is 21.9. The van der Waals surface area contributed by atoms with E-state index in [1.165, 1.54) is 6.92 Å². The van der Waals surface area contributed by atoms with Gasteiger partial charge in [-0.2, -0.15) is 0 Å². The Labute approximate surface area is 159 Å². The summed E-state index contributed by atoms with van der Waals surface area (Å²) in [5, 5.41) is 12.9. The smallest absolute Gasteiger partial charge is 0.378 e. The highest BCUT2D eigenvalue weighted by molar-refractivity contribution is 7.16. The van der Waals surface area contributed by atoms with Gasteiger partial charge in [0.05, 0.1) is 6.42 Å². The zero-order valence-corrected chi connectivity index (χ0v) is 16.0. The van der Waals surface area contributed by atoms with Gasteiger partial charge in [-0.15, -0.1) is 11.3 Å². The third-order valence-electron chi connectivity index (χ3n) is 2.52. The molecular weight excluding hydrogens is 386 g/mol. The van der Waals surface area contributed by atoms with Crippen molar-refractivity contribution in [3.05, 3.63) is 15.0 Å². The van der Waals surface area contributed by atoms with Crippen molar-refractivity contribution in [2.45, 2.75) is 45.8 Å². The van der Waals surface area contributed by atoms with Crippen LogP contribution >= 0.6 is 22.9 Å². The van der Waals surface area contributed by atoms with Crippen molar-refractivity contribution in [1.82, 2.24) is 4.98 Å². The van der Waals surface area contributed by atoms with Crippen LogP contribution in [0.15, 0.2) is 5.16 Å². The Morgan fingerprint density at radius 3 is 2.50 bits per heavy atom. The van der Waals surface area contributed by atoms with Gasteiger partial charge in [0, 0.05) is 0 Å². The lowest BCUT2D eigenvalue weighted by Gasteiger charge is -2.18. The number of hydrogen-bond acceptors (Lipinski definition) is 9. The molecule has 26 heavy (non-hydrogen) atoms. The summed E-state index contributed by atoms with van der Waals surface area (Å²) >= 11 is 6.90. The number of hydrogen-bond donors (Lipinski definition) is 1. The van der Waals surface area contributed by atoms with Crippen LogP contribution in [-0.2, 0) is 35.0 Å². The molecule has 1 N–H and O–H groups in total. The molecule has 0 aliphatic carbocycles. The summed E-state index contributed by atoms with van der Waals surface area (Å²) in [4.78, 5) is 43.1. The lowest BCUT2D eigenvalue weighted by atomic mass is 10.2. The van der Waals surface area contributed by atoms with E-state index < -0.39 is 35.3 Å². The highest BCUT2D eigenvalue weighted by atomic mass is 35.5. The van der Waals surface area contributed by atoms with Crippen LogP contribution in [0.3, 0.4) is 0 Å². The molecule has 1 rings (SSSR count). The molecule has 9 nitrogen and oxygen atoms in total. The molecule has 0 aliphatic heterocycles. The minimum atomic E-state index is -1.49. The number of carboxylic acid groups (broad SMARTS) is 1. The van der Waals surface area contributed by atoms with E-state index in [0.717, 1.165) is 11.3 Å². The first-order valence-corrected chi connectivity index (χ1v) is 8.39. The lowest BCUT2D eigenvalue weighted by Crippen LogP contribution is -2.25. The molecular formula is C14H16BClN2O7S. The SMILES string of the molecule is [B]OC(=O)[C@H](C)O/N=C(\C(=O)O)c1nc(CC(=O)OC(C)(C)C)sc1Cl. The van der Waals surface area contributed by atoms with Crippen LogP contribution in [0.25, 0.3) is 0 Å². The van der Waals surface area contributed by atoms with Crippen molar-refractivity contribution in [3.8, 4) is 0 Å². The van der Waals surface area contributed by atoms with Crippen LogP contribution in [0, 0.1) is 0 Å². The maximum absolute atomic E-state index is 11.8. The molecule has 1 aromatic rings. The normalized spacial score (nSPS) is 13.0. The maximum Gasteiger partial charge on any atom is 0.378 e. The minimum Gasteiger partial charge on any atom is -0.541 e. The van der Waals surface area contributed by atoms with E-state index in [1.807, 2.05) is 0 Å². The molecule has 0 aliphatic rings. The second-order valence-electron chi connectivity index (χ2n) is 5.92. The van der Waals surface area contributed by atoms with E-state index in [1.54, 1.807) is 20.8 Å². The Bertz CT molecular complexity index is 729. The predicted molar refractivity (Wildman–Crippen MR) is 93.2 cm³/mol. The Balaban J connectivity index is 3.00. The average molecular weight is 403 g/mol. The van der Waals surface area contributed by atoms with Gasteiger partial charge in [0.15, 0.2) is 0 Å². The second kappa shape index (κ2) is 8.99. The van der Waals surface area contributed by atoms with Gasteiger partial charge in [0.1, 0.15) is 20.6 Å². The van der Waals surface area contributed by atoms with Crippen LogP contribution in [-0.4, -0.2) is 53.5 Å². The summed E-state index contributed by atoms with van der Waals surface area (Å²) < 4.78 is 9.11. The maximum atomic E-state index is 11.8. The fourth-order valence-electron chi connectivity index (χ4n) is 1.52. The van der Waals surface area contributed by atoms with Crippen LogP contribution in [0.2, 0.25) is 4.34 Å². The first-order valence-electron chi connectivity index (χ1n) is 7.19. The molecule has 0 amide bonds. The number of oxime groups is 1. The molecule has 0 aromatic carbocycles. The fraction of sp³-hybridized carbons (Fsp3) is 0.500. The van der Waals surface area contributed by atoms with E-state index >= 15 is 0 Å². The molecule has 0 spiro atoms. The summed E-state index contributed by atoms with van der Waals surface area (Å²) in [5.41, 5.74) is -1.51. The van der Waals surface area contributed by atoms with E-state index in [-0.39, 0.29) is 21.5 Å². The number of carbonyl (C=O) groups is 3. The molecule has 1 atom stereocenters. The lowest BCUT2D eigenvalue weighted by molar-refractivity contribution is -0.154. The summed E-state index contributed by atoms with van der Waals surface area (Å²) in [6.07, 6.45) is -1.43. The van der Waals surface area contributed by atoms with Gasteiger partial charge in [0.2, 0.25) is 11.8 Å². The van der Waals surface area contributed by atoms with Crippen molar-refractivity contribution in [3.63, 3.8) is 0 Å². The minimum absolute atomic E-state index is 0.0117. The van der Waals surface area contributed by atoms with Gasteiger partial charge >= 0.3 is 26.0 Å². The standard InChI is InChI=1S/C14H16BClN2O7S/c1-6(13(22)24-15)25-18-10(12(20)21)9-11(16)26-7(17-9)5-8(19)23-14(2,3)4/h6H,5H2,1-4H3,(H,20,21)/b18-10-/t6-/m0/s1. The zero-order chi connectivity index (χ0) is 20.1. The largest absolute Gasteiger partial charge is 0.541 e. The monoisotopic (exact) mass is 402 g/mol. The van der Waals surface area contributed by atoms with Gasteiger partial charge in [-0.05, 0) is 27.7 Å². The molecule has 0 saturated heterocycles. The number of aliphatic carboxylic acids is 1. The van der Waals surface area contributed by atoms with Gasteiger partial charge < -0.3 is 19.3 Å². The summed E-state index contributed by atoms with van der Waals surface area (Å²) in [6.45, 7) is 6.40. The van der Waals surface area contributed by atoms with Gasteiger partial charge in [-0.3, -0.25) is 4.79 Å². The van der Waals surface area contributed by atoms with Crippen LogP contribution in [0.1, 0.15) is 38.4 Å². The van der Waals surface area contributed by atoms with Crippen molar-refractivity contribution >= 4 is 54.6 Å². The van der Waals surface area contributed by atoms with Gasteiger partial charge in [-0.25, -0.2) is 14.6 Å². The number of ether oxygens (including phenoxy) is 1. The number of esters is 1. The number of halogens is 1. The van der Waals surface area contributed by atoms with Crippen molar-refractivity contribution < 1.29 is 33.7 Å². The molecule has 0 saturated carbocycles. The Morgan fingerprint density at radius 1 is 1.38 bits per heavy atom. The van der Waals surface area contributed by atoms with Gasteiger partial charge in [-0.1, -0.05) is 16.8 Å². The molecule has 12 heteroatoms. The topological polar surface area (TPSA) is 124 Å². The number of aromatic nitrogens is 1. The fourth-order valence-corrected chi connectivity index (χ4v) is 2.69. The number of carboxylic acids is 1. The van der Waals surface area contributed by atoms with Crippen LogP contribution < -0.4 is 0 Å². The molecule has 140 valence electrons. The quantitative estimate of drug-likeness (QED) is 0.315. The third-order valence-corrected chi connectivity index (χ3v) is 3.78. The van der Waals surface area contributed by atoms with E-state index in [2.05, 4.69) is 14.8 Å². The average Bonchev–Trinajstić information content (AvgIpc) is 2.84. The molecule has 0 fully saturated rings. The Kier molecular flexibility index (Phi) is 7.58. The Morgan fingerprint density at radius 2 is 2.00 bits per heavy atom. The number of nitrogens with zero attached hydrogens (tertiary/aromatic N) is 2. The number of thiazole rings is 1. The number of carbonyl (C=O) groups excluding carboxylic acids is 2. The molecule has 0 unspecified atom stereocenters. The van der Waals surface area contributed by atoms with E-state index in [0.29, 0.717) is 0 Å². The summed E-state index contributed by atoms with van der Waals surface area (Å²) in [7, 11) is 4.70. The van der Waals surface area contributed by atoms with Crippen LogP contribution in [0.5, 0.6) is 0 Å². The van der Waals surface area contributed by atoms with Gasteiger partial charge in [0.25, 0.3) is 0 Å². The van der Waals surface area contributed by atoms with Crippen molar-refractivity contribution in [2.24, 2.45) is 5.16 Å². The first-order chi connectivity index (χ1) is 11.9. The third kappa shape index (κ3) is 6.64. The molecule has 1 heterocycles. The summed E-state index contributed by atoms with van der Waals surface area (Å²) in [5.74, 6) is -2.98. The molecule has 2 radical (unpaired) electrons.